The molecule has 0 unspecified atom stereocenters. The maximum absolute atomic E-state index is 11.3. The molecule has 0 aromatic carbocycles. The number of rotatable bonds is 7. The molecule has 3 aromatic rings. The first kappa shape index (κ1) is 18.3. The van der Waals surface area contributed by atoms with Gasteiger partial charge in [0, 0.05) is 56.8 Å². The normalized spacial score (nSPS) is 12.0. The Morgan fingerprint density at radius 3 is 2.65 bits per heavy atom. The number of fused-ring (bicyclic) bond motifs is 1. The van der Waals surface area contributed by atoms with E-state index in [9.17, 15) is 9.90 Å². The molecule has 7 nitrogen and oxygen atoms in total. The quantitative estimate of drug-likeness (QED) is 0.507. The van der Waals surface area contributed by atoms with Gasteiger partial charge in [-0.15, -0.1) is 0 Å². The van der Waals surface area contributed by atoms with Crippen molar-refractivity contribution < 1.29 is 14.6 Å². The molecule has 138 valence electrons. The summed E-state index contributed by atoms with van der Waals surface area (Å²) in [6, 6.07) is 2.75. The maximum atomic E-state index is 11.3. The van der Waals surface area contributed by atoms with Crippen molar-refractivity contribution in [1.82, 2.24) is 19.3 Å². The third-order valence-corrected chi connectivity index (χ3v) is 5.91. The molecule has 1 N–H and O–H groups in total. The van der Waals surface area contributed by atoms with Crippen LogP contribution in [0.15, 0.2) is 30.9 Å². The van der Waals surface area contributed by atoms with Gasteiger partial charge in [-0.1, -0.05) is 19.6 Å². The monoisotopic (exact) mass is 372 g/mol. The van der Waals surface area contributed by atoms with Gasteiger partial charge in [0.2, 0.25) is 0 Å². The van der Waals surface area contributed by atoms with Crippen molar-refractivity contribution in [3.05, 3.63) is 36.4 Å². The van der Waals surface area contributed by atoms with Crippen LogP contribution in [0.2, 0.25) is 25.7 Å². The molecule has 8 heteroatoms. The molecule has 0 saturated carbocycles. The molecule has 0 saturated heterocycles. The maximum Gasteiger partial charge on any atom is 0.337 e. The van der Waals surface area contributed by atoms with Crippen LogP contribution in [0.25, 0.3) is 22.2 Å². The number of ether oxygens (including phenoxy) is 1. The summed E-state index contributed by atoms with van der Waals surface area (Å²) in [5.74, 6) is -0.990. The Labute approximate surface area is 153 Å². The minimum absolute atomic E-state index is 0.167. The number of carboxylic acids is 1. The average Bonchev–Trinajstić information content (AvgIpc) is 3.14. The smallest absolute Gasteiger partial charge is 0.337 e. The summed E-state index contributed by atoms with van der Waals surface area (Å²) in [6.45, 7) is 8.05. The van der Waals surface area contributed by atoms with Gasteiger partial charge in [0.05, 0.1) is 11.8 Å². The fourth-order valence-corrected chi connectivity index (χ4v) is 3.47. The van der Waals surface area contributed by atoms with E-state index in [2.05, 4.69) is 29.7 Å². The third kappa shape index (κ3) is 4.02. The number of hydrogen-bond acceptors (Lipinski definition) is 4. The van der Waals surface area contributed by atoms with Crippen molar-refractivity contribution in [2.24, 2.45) is 7.05 Å². The van der Waals surface area contributed by atoms with Gasteiger partial charge < -0.3 is 14.4 Å². The van der Waals surface area contributed by atoms with Crippen LogP contribution >= 0.6 is 0 Å². The van der Waals surface area contributed by atoms with Crippen LogP contribution in [-0.2, 0) is 18.5 Å². The van der Waals surface area contributed by atoms with Gasteiger partial charge in [-0.2, -0.15) is 5.10 Å². The molecule has 0 fully saturated rings. The summed E-state index contributed by atoms with van der Waals surface area (Å²) in [6.07, 6.45) is 7.00. The number of carbonyl (C=O) groups is 1. The van der Waals surface area contributed by atoms with Gasteiger partial charge in [-0.3, -0.25) is 4.68 Å². The fraction of sp³-hybridized carbons (Fsp3) is 0.389. The number of aromatic carboxylic acids is 1. The molecule has 0 radical (unpaired) electrons. The highest BCUT2D eigenvalue weighted by atomic mass is 28.3. The molecule has 0 aliphatic heterocycles. The standard InChI is InChI=1S/C18H24N4O3Si/c1-21-10-14(9-20-21)16-11-22(12-25-5-6-26(2,3)4)17-15(16)7-13(8-19-17)18(23)24/h7-11H,5-6,12H2,1-4H3,(H,23,24). The topological polar surface area (TPSA) is 82.2 Å². The molecule has 0 aliphatic carbocycles. The summed E-state index contributed by atoms with van der Waals surface area (Å²) in [4.78, 5) is 15.7. The second kappa shape index (κ2) is 7.04. The van der Waals surface area contributed by atoms with E-state index >= 15 is 0 Å². The largest absolute Gasteiger partial charge is 0.478 e. The van der Waals surface area contributed by atoms with Crippen molar-refractivity contribution in [2.75, 3.05) is 6.61 Å². The Morgan fingerprint density at radius 2 is 2.04 bits per heavy atom. The Balaban J connectivity index is 1.94. The zero-order valence-electron chi connectivity index (χ0n) is 15.6. The molecule has 0 spiro atoms. The minimum Gasteiger partial charge on any atom is -0.478 e. The van der Waals surface area contributed by atoms with E-state index in [-0.39, 0.29) is 5.56 Å². The molecule has 3 rings (SSSR count). The number of hydrogen-bond donors (Lipinski definition) is 1. The van der Waals surface area contributed by atoms with Gasteiger partial charge in [-0.05, 0) is 12.1 Å². The Kier molecular flexibility index (Phi) is 4.97. The van der Waals surface area contributed by atoms with E-state index in [1.165, 1.54) is 6.20 Å². The fourth-order valence-electron chi connectivity index (χ4n) is 2.72. The Hall–Kier alpha value is -2.45. The SMILES string of the molecule is Cn1cc(-c2cn(COCC[Si](C)(C)C)c3ncc(C(=O)O)cc23)cn1. The van der Waals surface area contributed by atoms with E-state index in [0.717, 1.165) is 22.6 Å². The van der Waals surface area contributed by atoms with E-state index < -0.39 is 14.0 Å². The van der Waals surface area contributed by atoms with Crippen LogP contribution < -0.4 is 0 Å². The molecule has 0 atom stereocenters. The summed E-state index contributed by atoms with van der Waals surface area (Å²) >= 11 is 0. The van der Waals surface area contributed by atoms with Crippen LogP contribution in [0, 0.1) is 0 Å². The van der Waals surface area contributed by atoms with Crippen LogP contribution in [-0.4, -0.2) is 45.1 Å². The predicted octanol–water partition coefficient (Wildman–Crippen LogP) is 3.45. The predicted molar refractivity (Wildman–Crippen MR) is 103 cm³/mol. The molecular weight excluding hydrogens is 348 g/mol. The first-order chi connectivity index (χ1) is 12.2. The minimum atomic E-state index is -1.14. The van der Waals surface area contributed by atoms with Gasteiger partial charge >= 0.3 is 5.97 Å². The van der Waals surface area contributed by atoms with Crippen LogP contribution in [0.3, 0.4) is 0 Å². The molecule has 0 amide bonds. The number of pyridine rings is 1. The van der Waals surface area contributed by atoms with Crippen molar-refractivity contribution in [2.45, 2.75) is 32.4 Å². The first-order valence-electron chi connectivity index (χ1n) is 8.53. The molecule has 3 aromatic heterocycles. The lowest BCUT2D eigenvalue weighted by atomic mass is 10.1. The van der Waals surface area contributed by atoms with Gasteiger partial charge in [0.25, 0.3) is 0 Å². The summed E-state index contributed by atoms with van der Waals surface area (Å²) in [5, 5.41) is 14.3. The number of aromatic nitrogens is 4. The average molecular weight is 373 g/mol. The van der Waals surface area contributed by atoms with E-state index in [4.69, 9.17) is 4.74 Å². The molecular formula is C18H24N4O3Si. The number of aryl methyl sites for hydroxylation is 1. The lowest BCUT2D eigenvalue weighted by molar-refractivity contribution is 0.0696. The van der Waals surface area contributed by atoms with E-state index in [0.29, 0.717) is 19.0 Å². The van der Waals surface area contributed by atoms with E-state index in [1.54, 1.807) is 16.9 Å². The van der Waals surface area contributed by atoms with Crippen molar-refractivity contribution in [1.29, 1.82) is 0 Å². The third-order valence-electron chi connectivity index (χ3n) is 4.20. The summed E-state index contributed by atoms with van der Waals surface area (Å²) < 4.78 is 9.50. The Morgan fingerprint density at radius 1 is 1.27 bits per heavy atom. The van der Waals surface area contributed by atoms with E-state index in [1.807, 2.05) is 24.0 Å². The second-order valence-electron chi connectivity index (χ2n) is 7.66. The molecule has 0 bridgehead atoms. The molecule has 26 heavy (non-hydrogen) atoms. The lowest BCUT2D eigenvalue weighted by Gasteiger charge is -2.15. The second-order valence-corrected chi connectivity index (χ2v) is 13.3. The van der Waals surface area contributed by atoms with Crippen LogP contribution in [0.4, 0.5) is 0 Å². The highest BCUT2D eigenvalue weighted by Crippen LogP contribution is 2.30. The van der Waals surface area contributed by atoms with Crippen molar-refractivity contribution in [3.8, 4) is 11.1 Å². The molecule has 3 heterocycles. The van der Waals surface area contributed by atoms with Crippen LogP contribution in [0.1, 0.15) is 10.4 Å². The van der Waals surface area contributed by atoms with Crippen molar-refractivity contribution in [3.63, 3.8) is 0 Å². The lowest BCUT2D eigenvalue weighted by Crippen LogP contribution is -2.22. The van der Waals surface area contributed by atoms with Gasteiger partial charge in [0.1, 0.15) is 12.4 Å². The summed E-state index contributed by atoms with van der Waals surface area (Å²) in [5.41, 5.74) is 2.70. The first-order valence-corrected chi connectivity index (χ1v) is 12.2. The summed E-state index contributed by atoms with van der Waals surface area (Å²) in [7, 11) is 0.710. The number of nitrogens with zero attached hydrogens (tertiary/aromatic N) is 4. The van der Waals surface area contributed by atoms with Gasteiger partial charge in [0.15, 0.2) is 0 Å². The molecule has 0 aliphatic rings. The Bertz CT molecular complexity index is 940. The van der Waals surface area contributed by atoms with Gasteiger partial charge in [-0.25, -0.2) is 9.78 Å². The van der Waals surface area contributed by atoms with Crippen molar-refractivity contribution >= 4 is 25.1 Å². The number of carboxylic acid groups (broad SMARTS) is 1. The zero-order valence-corrected chi connectivity index (χ0v) is 16.6. The highest BCUT2D eigenvalue weighted by Gasteiger charge is 2.16. The zero-order chi connectivity index (χ0) is 18.9. The van der Waals surface area contributed by atoms with Crippen LogP contribution in [0.5, 0.6) is 0 Å². The highest BCUT2D eigenvalue weighted by molar-refractivity contribution is 6.76.